The molecule has 0 aromatic heterocycles. The summed E-state index contributed by atoms with van der Waals surface area (Å²) in [7, 11) is -3.89. The first kappa shape index (κ1) is 14.5. The monoisotopic (exact) mass is 293 g/mol. The number of halogens is 1. The van der Waals surface area contributed by atoms with Gasteiger partial charge in [0.25, 0.3) is 10.0 Å². The average molecular weight is 293 g/mol. The van der Waals surface area contributed by atoms with Gasteiger partial charge in [0.15, 0.2) is 0 Å². The van der Waals surface area contributed by atoms with E-state index in [1.54, 1.807) is 19.1 Å². The molecule has 3 nitrogen and oxygen atoms in total. The Bertz CT molecular complexity index is 696. The molecule has 0 atom stereocenters. The Labute approximate surface area is 118 Å². The molecule has 0 aliphatic heterocycles. The first-order chi connectivity index (χ1) is 9.46. The number of hydrogen-bond donors (Lipinski definition) is 0. The van der Waals surface area contributed by atoms with Crippen LogP contribution in [-0.2, 0) is 10.0 Å². The van der Waals surface area contributed by atoms with E-state index in [0.717, 1.165) is 11.6 Å². The average Bonchev–Trinajstić information content (AvgIpc) is 2.42. The third kappa shape index (κ3) is 2.67. The van der Waals surface area contributed by atoms with Crippen LogP contribution in [0.4, 0.5) is 10.1 Å². The zero-order valence-electron chi connectivity index (χ0n) is 11.4. The maximum absolute atomic E-state index is 13.8. The third-order valence-electron chi connectivity index (χ3n) is 3.01. The van der Waals surface area contributed by atoms with Crippen molar-refractivity contribution in [1.29, 1.82) is 0 Å². The van der Waals surface area contributed by atoms with Crippen LogP contribution in [0.3, 0.4) is 0 Å². The van der Waals surface area contributed by atoms with E-state index in [1.165, 1.54) is 22.5 Å². The van der Waals surface area contributed by atoms with Crippen LogP contribution in [-0.4, -0.2) is 15.0 Å². The maximum Gasteiger partial charge on any atom is 0.267 e. The molecule has 2 aromatic carbocycles. The second-order valence-electron chi connectivity index (χ2n) is 4.44. The standard InChI is InChI=1S/C15H16FNO2S/c1-3-17(13-10-8-12(2)9-11-13)20(18,19)15-7-5-4-6-14(15)16/h4-11H,3H2,1-2H3. The van der Waals surface area contributed by atoms with E-state index < -0.39 is 15.8 Å². The van der Waals surface area contributed by atoms with Crippen LogP contribution in [0.5, 0.6) is 0 Å². The van der Waals surface area contributed by atoms with Crippen LogP contribution >= 0.6 is 0 Å². The highest BCUT2D eigenvalue weighted by molar-refractivity contribution is 7.92. The summed E-state index contributed by atoms with van der Waals surface area (Å²) in [6, 6.07) is 12.5. The molecular weight excluding hydrogens is 277 g/mol. The molecule has 0 saturated carbocycles. The van der Waals surface area contributed by atoms with Crippen molar-refractivity contribution in [2.75, 3.05) is 10.8 Å². The molecule has 0 unspecified atom stereocenters. The van der Waals surface area contributed by atoms with Gasteiger partial charge in [-0.2, -0.15) is 0 Å². The molecular formula is C15H16FNO2S. The Balaban J connectivity index is 2.51. The van der Waals surface area contributed by atoms with E-state index >= 15 is 0 Å². The van der Waals surface area contributed by atoms with Crippen molar-refractivity contribution in [2.24, 2.45) is 0 Å². The van der Waals surface area contributed by atoms with Crippen molar-refractivity contribution in [3.63, 3.8) is 0 Å². The van der Waals surface area contributed by atoms with Gasteiger partial charge in [0, 0.05) is 6.54 Å². The molecule has 0 saturated heterocycles. The lowest BCUT2D eigenvalue weighted by Crippen LogP contribution is -2.31. The van der Waals surface area contributed by atoms with Gasteiger partial charge in [0.2, 0.25) is 0 Å². The van der Waals surface area contributed by atoms with Crippen molar-refractivity contribution in [1.82, 2.24) is 0 Å². The van der Waals surface area contributed by atoms with E-state index in [4.69, 9.17) is 0 Å². The molecule has 0 fully saturated rings. The van der Waals surface area contributed by atoms with E-state index in [1.807, 2.05) is 19.1 Å². The molecule has 0 bridgehead atoms. The molecule has 0 aliphatic rings. The number of sulfonamides is 1. The van der Waals surface area contributed by atoms with Crippen LogP contribution < -0.4 is 4.31 Å². The highest BCUT2D eigenvalue weighted by Crippen LogP contribution is 2.25. The van der Waals surface area contributed by atoms with Gasteiger partial charge >= 0.3 is 0 Å². The van der Waals surface area contributed by atoms with Crippen molar-refractivity contribution in [2.45, 2.75) is 18.7 Å². The van der Waals surface area contributed by atoms with E-state index in [2.05, 4.69) is 0 Å². The Hall–Kier alpha value is -1.88. The van der Waals surface area contributed by atoms with Crippen molar-refractivity contribution in [3.05, 3.63) is 59.9 Å². The van der Waals surface area contributed by atoms with Gasteiger partial charge in [0.05, 0.1) is 5.69 Å². The third-order valence-corrected chi connectivity index (χ3v) is 4.95. The number of hydrogen-bond acceptors (Lipinski definition) is 2. The lowest BCUT2D eigenvalue weighted by Gasteiger charge is -2.23. The van der Waals surface area contributed by atoms with Crippen LogP contribution in [0.1, 0.15) is 12.5 Å². The molecule has 0 radical (unpaired) electrons. The summed E-state index contributed by atoms with van der Waals surface area (Å²) in [6.45, 7) is 3.88. The fourth-order valence-corrected chi connectivity index (χ4v) is 3.52. The fourth-order valence-electron chi connectivity index (χ4n) is 1.97. The summed E-state index contributed by atoms with van der Waals surface area (Å²) in [4.78, 5) is -0.303. The lowest BCUT2D eigenvalue weighted by atomic mass is 10.2. The number of aryl methyl sites for hydroxylation is 1. The molecule has 0 amide bonds. The predicted molar refractivity (Wildman–Crippen MR) is 77.8 cm³/mol. The zero-order chi connectivity index (χ0) is 14.8. The fraction of sp³-hybridized carbons (Fsp3) is 0.200. The molecule has 2 rings (SSSR count). The molecule has 0 spiro atoms. The Morgan fingerprint density at radius 1 is 1.05 bits per heavy atom. The molecule has 0 heterocycles. The quantitative estimate of drug-likeness (QED) is 0.867. The Morgan fingerprint density at radius 2 is 1.65 bits per heavy atom. The van der Waals surface area contributed by atoms with Crippen LogP contribution in [0, 0.1) is 12.7 Å². The first-order valence-electron chi connectivity index (χ1n) is 6.30. The largest absolute Gasteiger partial charge is 0.267 e. The molecule has 2 aromatic rings. The van der Waals surface area contributed by atoms with E-state index in [-0.39, 0.29) is 11.4 Å². The molecule has 106 valence electrons. The number of nitrogens with zero attached hydrogens (tertiary/aromatic N) is 1. The van der Waals surface area contributed by atoms with Gasteiger partial charge in [-0.1, -0.05) is 29.8 Å². The molecule has 0 N–H and O–H groups in total. The van der Waals surface area contributed by atoms with Gasteiger partial charge in [-0.25, -0.2) is 12.8 Å². The minimum absolute atomic E-state index is 0.236. The SMILES string of the molecule is CCN(c1ccc(C)cc1)S(=O)(=O)c1ccccc1F. The highest BCUT2D eigenvalue weighted by atomic mass is 32.2. The maximum atomic E-state index is 13.8. The highest BCUT2D eigenvalue weighted by Gasteiger charge is 2.26. The zero-order valence-corrected chi connectivity index (χ0v) is 12.2. The van der Waals surface area contributed by atoms with Crippen LogP contribution in [0.15, 0.2) is 53.4 Å². The Kier molecular flexibility index (Phi) is 4.09. The summed E-state index contributed by atoms with van der Waals surface area (Å²) in [5, 5.41) is 0. The van der Waals surface area contributed by atoms with Crippen molar-refractivity contribution in [3.8, 4) is 0 Å². The summed E-state index contributed by atoms with van der Waals surface area (Å²) in [5.74, 6) is -0.738. The summed E-state index contributed by atoms with van der Waals surface area (Å²) >= 11 is 0. The minimum Gasteiger partial charge on any atom is -0.267 e. The summed E-state index contributed by atoms with van der Waals surface area (Å²) < 4.78 is 40.1. The minimum atomic E-state index is -3.89. The molecule has 5 heteroatoms. The van der Waals surface area contributed by atoms with Gasteiger partial charge in [-0.3, -0.25) is 4.31 Å². The van der Waals surface area contributed by atoms with Crippen molar-refractivity contribution < 1.29 is 12.8 Å². The lowest BCUT2D eigenvalue weighted by molar-refractivity contribution is 0.564. The number of rotatable bonds is 4. The summed E-state index contributed by atoms with van der Waals surface area (Å²) in [6.07, 6.45) is 0. The summed E-state index contributed by atoms with van der Waals surface area (Å²) in [5.41, 5.74) is 1.56. The van der Waals surface area contributed by atoms with Gasteiger partial charge in [-0.05, 0) is 38.1 Å². The Morgan fingerprint density at radius 3 is 2.20 bits per heavy atom. The first-order valence-corrected chi connectivity index (χ1v) is 7.74. The second kappa shape index (κ2) is 5.63. The molecule has 0 aliphatic carbocycles. The predicted octanol–water partition coefficient (Wildman–Crippen LogP) is 3.35. The van der Waals surface area contributed by atoms with Gasteiger partial charge < -0.3 is 0 Å². The van der Waals surface area contributed by atoms with Gasteiger partial charge in [0.1, 0.15) is 10.7 Å². The second-order valence-corrected chi connectivity index (χ2v) is 6.27. The number of anilines is 1. The number of benzene rings is 2. The van der Waals surface area contributed by atoms with Gasteiger partial charge in [-0.15, -0.1) is 0 Å². The van der Waals surface area contributed by atoms with Crippen molar-refractivity contribution >= 4 is 15.7 Å². The smallest absolute Gasteiger partial charge is 0.267 e. The topological polar surface area (TPSA) is 37.4 Å². The van der Waals surface area contributed by atoms with Crippen LogP contribution in [0.25, 0.3) is 0 Å². The van der Waals surface area contributed by atoms with E-state index in [0.29, 0.717) is 5.69 Å². The van der Waals surface area contributed by atoms with E-state index in [9.17, 15) is 12.8 Å². The van der Waals surface area contributed by atoms with Crippen LogP contribution in [0.2, 0.25) is 0 Å². The molecule has 20 heavy (non-hydrogen) atoms. The normalized spacial score (nSPS) is 11.3.